The SMILES string of the molecule is OCC#Cc1csc(CN2C[C@@H](Cc3ccccn3)[C@H](O)C2)c1. The Balaban J connectivity index is 1.57. The number of aliphatic hydroxyl groups excluding tert-OH is 2. The molecule has 1 saturated heterocycles. The summed E-state index contributed by atoms with van der Waals surface area (Å²) in [5.41, 5.74) is 1.99. The molecule has 4 nitrogen and oxygen atoms in total. The van der Waals surface area contributed by atoms with Crippen LogP contribution in [0.15, 0.2) is 35.8 Å². The van der Waals surface area contributed by atoms with Gasteiger partial charge in [0.15, 0.2) is 0 Å². The number of β-amino-alcohol motifs (C(OH)–C–C–N with tert-alkyl or cyclic N) is 1. The fourth-order valence-corrected chi connectivity index (χ4v) is 3.81. The van der Waals surface area contributed by atoms with Gasteiger partial charge in [-0.25, -0.2) is 0 Å². The molecule has 0 aliphatic carbocycles. The molecule has 5 heteroatoms. The van der Waals surface area contributed by atoms with Crippen LogP contribution in [0.1, 0.15) is 16.1 Å². The van der Waals surface area contributed by atoms with Gasteiger partial charge in [0.25, 0.3) is 0 Å². The van der Waals surface area contributed by atoms with Crippen molar-refractivity contribution in [3.8, 4) is 11.8 Å². The van der Waals surface area contributed by atoms with Gasteiger partial charge in [-0.3, -0.25) is 9.88 Å². The molecule has 0 unspecified atom stereocenters. The first-order chi connectivity index (χ1) is 11.2. The van der Waals surface area contributed by atoms with E-state index in [1.165, 1.54) is 4.88 Å². The van der Waals surface area contributed by atoms with Crippen molar-refractivity contribution in [2.45, 2.75) is 19.1 Å². The van der Waals surface area contributed by atoms with Crippen LogP contribution in [-0.4, -0.2) is 45.9 Å². The number of hydrogen-bond acceptors (Lipinski definition) is 5. The highest BCUT2D eigenvalue weighted by atomic mass is 32.1. The third-order valence-corrected chi connectivity index (χ3v) is 4.95. The molecule has 0 radical (unpaired) electrons. The smallest absolute Gasteiger partial charge is 0.104 e. The molecule has 0 aromatic carbocycles. The van der Waals surface area contributed by atoms with E-state index < -0.39 is 0 Å². The minimum Gasteiger partial charge on any atom is -0.391 e. The van der Waals surface area contributed by atoms with Crippen molar-refractivity contribution in [2.24, 2.45) is 5.92 Å². The maximum Gasteiger partial charge on any atom is 0.104 e. The molecule has 2 aromatic heterocycles. The van der Waals surface area contributed by atoms with Gasteiger partial charge in [0.2, 0.25) is 0 Å². The fraction of sp³-hybridized carbons (Fsp3) is 0.389. The van der Waals surface area contributed by atoms with E-state index in [9.17, 15) is 5.11 Å². The molecule has 1 aliphatic rings. The van der Waals surface area contributed by atoms with Crippen LogP contribution in [0.25, 0.3) is 0 Å². The van der Waals surface area contributed by atoms with Crippen LogP contribution in [0.3, 0.4) is 0 Å². The highest BCUT2D eigenvalue weighted by molar-refractivity contribution is 7.10. The molecule has 2 aromatic rings. The van der Waals surface area contributed by atoms with E-state index in [0.29, 0.717) is 6.54 Å². The molecule has 3 rings (SSSR count). The minimum absolute atomic E-state index is 0.112. The van der Waals surface area contributed by atoms with Crippen LogP contribution in [0.2, 0.25) is 0 Å². The molecule has 3 heterocycles. The van der Waals surface area contributed by atoms with E-state index in [2.05, 4.69) is 27.8 Å². The topological polar surface area (TPSA) is 56.6 Å². The summed E-state index contributed by atoms with van der Waals surface area (Å²) in [4.78, 5) is 7.87. The maximum atomic E-state index is 10.3. The number of likely N-dealkylation sites (tertiary alicyclic amines) is 1. The molecule has 0 saturated carbocycles. The van der Waals surface area contributed by atoms with E-state index in [4.69, 9.17) is 5.11 Å². The summed E-state index contributed by atoms with van der Waals surface area (Å²) in [5, 5.41) is 21.0. The van der Waals surface area contributed by atoms with Crippen LogP contribution >= 0.6 is 11.3 Å². The second-order valence-electron chi connectivity index (χ2n) is 5.81. The lowest BCUT2D eigenvalue weighted by molar-refractivity contribution is 0.140. The number of hydrogen-bond donors (Lipinski definition) is 2. The van der Waals surface area contributed by atoms with E-state index >= 15 is 0 Å². The highest BCUT2D eigenvalue weighted by Crippen LogP contribution is 2.24. The van der Waals surface area contributed by atoms with Gasteiger partial charge in [0.05, 0.1) is 6.10 Å². The first-order valence-electron chi connectivity index (χ1n) is 7.72. The summed E-state index contributed by atoms with van der Waals surface area (Å²) in [6.45, 7) is 2.31. The number of nitrogens with zero attached hydrogens (tertiary/aromatic N) is 2. The second-order valence-corrected chi connectivity index (χ2v) is 6.80. The van der Waals surface area contributed by atoms with Gasteiger partial charge < -0.3 is 10.2 Å². The number of aromatic nitrogens is 1. The summed E-state index contributed by atoms with van der Waals surface area (Å²) >= 11 is 1.67. The highest BCUT2D eigenvalue weighted by Gasteiger charge is 2.31. The predicted octanol–water partition coefficient (Wildman–Crippen LogP) is 1.52. The predicted molar refractivity (Wildman–Crippen MR) is 91.0 cm³/mol. The van der Waals surface area contributed by atoms with Crippen molar-refractivity contribution in [3.63, 3.8) is 0 Å². The second kappa shape index (κ2) is 7.71. The molecule has 0 bridgehead atoms. The summed E-state index contributed by atoms with van der Waals surface area (Å²) in [6.07, 6.45) is 2.32. The Labute approximate surface area is 140 Å². The monoisotopic (exact) mass is 328 g/mol. The zero-order valence-electron chi connectivity index (χ0n) is 12.9. The average Bonchev–Trinajstić information content (AvgIpc) is 3.14. The van der Waals surface area contributed by atoms with Crippen LogP contribution in [-0.2, 0) is 13.0 Å². The van der Waals surface area contributed by atoms with Gasteiger partial charge in [0, 0.05) is 53.3 Å². The third kappa shape index (κ3) is 4.40. The molecular weight excluding hydrogens is 308 g/mol. The molecule has 120 valence electrons. The molecular formula is C18H20N2O2S. The van der Waals surface area contributed by atoms with E-state index in [-0.39, 0.29) is 18.6 Å². The molecule has 1 fully saturated rings. The molecule has 0 spiro atoms. The Bertz CT molecular complexity index is 690. The normalized spacial score (nSPS) is 21.1. The third-order valence-electron chi connectivity index (χ3n) is 4.02. The summed E-state index contributed by atoms with van der Waals surface area (Å²) in [7, 11) is 0. The lowest BCUT2D eigenvalue weighted by Gasteiger charge is -2.14. The van der Waals surface area contributed by atoms with Crippen LogP contribution in [0.4, 0.5) is 0 Å². The Kier molecular flexibility index (Phi) is 5.42. The number of thiophene rings is 1. The molecule has 1 aliphatic heterocycles. The molecule has 0 amide bonds. The van der Waals surface area contributed by atoms with Gasteiger partial charge in [0.1, 0.15) is 6.61 Å². The number of aliphatic hydroxyl groups is 2. The van der Waals surface area contributed by atoms with Crippen molar-refractivity contribution in [2.75, 3.05) is 19.7 Å². The van der Waals surface area contributed by atoms with Gasteiger partial charge in [-0.1, -0.05) is 17.9 Å². The van der Waals surface area contributed by atoms with Crippen molar-refractivity contribution in [1.82, 2.24) is 9.88 Å². The lowest BCUT2D eigenvalue weighted by Crippen LogP contribution is -2.20. The summed E-state index contributed by atoms with van der Waals surface area (Å²) < 4.78 is 0. The minimum atomic E-state index is -0.300. The van der Waals surface area contributed by atoms with Crippen LogP contribution < -0.4 is 0 Å². The van der Waals surface area contributed by atoms with E-state index in [1.807, 2.05) is 23.6 Å². The first kappa shape index (κ1) is 16.2. The summed E-state index contributed by atoms with van der Waals surface area (Å²) in [5.74, 6) is 5.82. The van der Waals surface area contributed by atoms with Gasteiger partial charge in [-0.2, -0.15) is 0 Å². The standard InChI is InChI=1S/C18H20N2O2S/c21-7-3-4-14-8-17(23-13-14)11-20-10-15(18(22)12-20)9-16-5-1-2-6-19-16/h1-2,5-6,8,13,15,18,21-22H,7,9-12H2/t15-,18-/m1/s1. The Morgan fingerprint density at radius 1 is 1.35 bits per heavy atom. The molecule has 2 atom stereocenters. The lowest BCUT2D eigenvalue weighted by atomic mass is 10.00. The first-order valence-corrected chi connectivity index (χ1v) is 8.60. The maximum absolute atomic E-state index is 10.3. The van der Waals surface area contributed by atoms with Gasteiger partial charge in [-0.15, -0.1) is 11.3 Å². The van der Waals surface area contributed by atoms with Gasteiger partial charge in [-0.05, 0) is 24.6 Å². The van der Waals surface area contributed by atoms with Crippen molar-refractivity contribution in [3.05, 3.63) is 52.0 Å². The summed E-state index contributed by atoms with van der Waals surface area (Å²) in [6, 6.07) is 7.98. The zero-order chi connectivity index (χ0) is 16.1. The van der Waals surface area contributed by atoms with Gasteiger partial charge >= 0.3 is 0 Å². The van der Waals surface area contributed by atoms with Crippen molar-refractivity contribution in [1.29, 1.82) is 0 Å². The Hall–Kier alpha value is -1.71. The van der Waals surface area contributed by atoms with Crippen molar-refractivity contribution < 1.29 is 10.2 Å². The number of pyridine rings is 1. The average molecular weight is 328 g/mol. The van der Waals surface area contributed by atoms with Crippen LogP contribution in [0, 0.1) is 17.8 Å². The zero-order valence-corrected chi connectivity index (χ0v) is 13.7. The fourth-order valence-electron chi connectivity index (χ4n) is 2.95. The number of rotatable bonds is 4. The van der Waals surface area contributed by atoms with Crippen LogP contribution in [0.5, 0.6) is 0 Å². The molecule has 2 N–H and O–H groups in total. The molecule has 23 heavy (non-hydrogen) atoms. The van der Waals surface area contributed by atoms with E-state index in [1.54, 1.807) is 17.5 Å². The Morgan fingerprint density at radius 2 is 2.26 bits per heavy atom. The van der Waals surface area contributed by atoms with E-state index in [0.717, 1.165) is 30.8 Å². The van der Waals surface area contributed by atoms with Crippen molar-refractivity contribution >= 4 is 11.3 Å². The largest absolute Gasteiger partial charge is 0.391 e. The Morgan fingerprint density at radius 3 is 3.04 bits per heavy atom. The quantitative estimate of drug-likeness (QED) is 0.836.